The van der Waals surface area contributed by atoms with E-state index < -0.39 is 16.0 Å². The molecule has 0 aliphatic heterocycles. The molecular weight excluding hydrogens is 306 g/mol. The smallest absolute Gasteiger partial charge is 0.264 e. The van der Waals surface area contributed by atoms with E-state index in [4.69, 9.17) is 9.02 Å². The van der Waals surface area contributed by atoms with E-state index in [1.54, 1.807) is 0 Å². The first-order chi connectivity index (χ1) is 10.4. The molecule has 0 heterocycles. The van der Waals surface area contributed by atoms with Gasteiger partial charge in [-0.2, -0.15) is 8.42 Å². The minimum absolute atomic E-state index is 0.167. The molecule has 0 aliphatic carbocycles. The summed E-state index contributed by atoms with van der Waals surface area (Å²) in [7, 11) is -3.56. The fraction of sp³-hybridized carbons (Fsp3) is 0.533. The van der Waals surface area contributed by atoms with Crippen LogP contribution in [0.4, 0.5) is 0 Å². The first-order valence-corrected chi connectivity index (χ1v) is 9.04. The summed E-state index contributed by atoms with van der Waals surface area (Å²) in [5.41, 5.74) is 3.29. The minimum Gasteiger partial charge on any atom is -0.272 e. The molecule has 1 amide bonds. The van der Waals surface area contributed by atoms with E-state index in [1.165, 1.54) is 0 Å². The van der Waals surface area contributed by atoms with E-state index in [9.17, 15) is 13.2 Å². The molecule has 22 heavy (non-hydrogen) atoms. The van der Waals surface area contributed by atoms with Gasteiger partial charge in [-0.25, -0.2) is 5.48 Å². The third-order valence-electron chi connectivity index (χ3n) is 3.01. The Balaban J connectivity index is 2.44. The SMILES string of the molecule is CCCC[C@H](COS(C)(=O)=O)C(=O)NOCc1ccccc1. The third-order valence-corrected chi connectivity index (χ3v) is 3.58. The van der Waals surface area contributed by atoms with Gasteiger partial charge < -0.3 is 0 Å². The Morgan fingerprint density at radius 1 is 1.27 bits per heavy atom. The Hall–Kier alpha value is -1.44. The van der Waals surface area contributed by atoms with Crippen molar-refractivity contribution in [1.29, 1.82) is 0 Å². The number of nitrogens with one attached hydrogen (secondary N) is 1. The van der Waals surface area contributed by atoms with Crippen LogP contribution in [0.15, 0.2) is 30.3 Å². The number of carbonyl (C=O) groups is 1. The quantitative estimate of drug-likeness (QED) is 0.524. The molecule has 1 aromatic carbocycles. The van der Waals surface area contributed by atoms with Crippen molar-refractivity contribution >= 4 is 16.0 Å². The molecule has 0 radical (unpaired) electrons. The maximum atomic E-state index is 12.0. The van der Waals surface area contributed by atoms with Gasteiger partial charge in [0.05, 0.1) is 25.4 Å². The second-order valence-electron chi connectivity index (χ2n) is 5.07. The average molecular weight is 329 g/mol. The van der Waals surface area contributed by atoms with E-state index in [1.807, 2.05) is 37.3 Å². The second kappa shape index (κ2) is 9.55. The van der Waals surface area contributed by atoms with Crippen molar-refractivity contribution in [2.75, 3.05) is 12.9 Å². The Morgan fingerprint density at radius 2 is 1.95 bits per heavy atom. The fourth-order valence-electron chi connectivity index (χ4n) is 1.79. The maximum absolute atomic E-state index is 12.0. The van der Waals surface area contributed by atoms with Crippen LogP contribution in [0.25, 0.3) is 0 Å². The zero-order chi connectivity index (χ0) is 16.4. The van der Waals surface area contributed by atoms with Crippen LogP contribution in [0.3, 0.4) is 0 Å². The lowest BCUT2D eigenvalue weighted by molar-refractivity contribution is -0.140. The van der Waals surface area contributed by atoms with Crippen LogP contribution < -0.4 is 5.48 Å². The van der Waals surface area contributed by atoms with Crippen LogP contribution in [-0.2, 0) is 30.5 Å². The summed E-state index contributed by atoms with van der Waals surface area (Å²) in [6.07, 6.45) is 3.23. The normalized spacial score (nSPS) is 12.8. The van der Waals surface area contributed by atoms with Gasteiger partial charge in [0.15, 0.2) is 0 Å². The number of hydrogen-bond acceptors (Lipinski definition) is 5. The number of amides is 1. The zero-order valence-electron chi connectivity index (χ0n) is 12.9. The van der Waals surface area contributed by atoms with Gasteiger partial charge in [0.1, 0.15) is 0 Å². The number of benzene rings is 1. The Labute approximate surface area is 131 Å². The zero-order valence-corrected chi connectivity index (χ0v) is 13.8. The van der Waals surface area contributed by atoms with Crippen LogP contribution in [0.1, 0.15) is 31.7 Å². The van der Waals surface area contributed by atoms with Crippen molar-refractivity contribution in [3.63, 3.8) is 0 Å². The standard InChI is InChI=1S/C15H23NO5S/c1-3-4-10-14(12-21-22(2,18)19)15(17)16-20-11-13-8-6-5-7-9-13/h5-9,14H,3-4,10-12H2,1-2H3,(H,16,17)/t14-/m1/s1. The fourth-order valence-corrected chi connectivity index (χ4v) is 2.21. The van der Waals surface area contributed by atoms with Gasteiger partial charge >= 0.3 is 0 Å². The molecule has 0 saturated carbocycles. The average Bonchev–Trinajstić information content (AvgIpc) is 2.47. The molecule has 0 aromatic heterocycles. The minimum atomic E-state index is -3.56. The molecule has 0 spiro atoms. The molecule has 1 rings (SSSR count). The van der Waals surface area contributed by atoms with Crippen LogP contribution in [-0.4, -0.2) is 27.2 Å². The summed E-state index contributed by atoms with van der Waals surface area (Å²) in [4.78, 5) is 17.2. The van der Waals surface area contributed by atoms with Crippen molar-refractivity contribution < 1.29 is 22.2 Å². The van der Waals surface area contributed by atoms with Gasteiger partial charge in [-0.05, 0) is 12.0 Å². The summed E-state index contributed by atoms with van der Waals surface area (Å²) < 4.78 is 26.8. The number of carbonyl (C=O) groups excluding carboxylic acids is 1. The molecule has 1 N–H and O–H groups in total. The lowest BCUT2D eigenvalue weighted by atomic mass is 10.0. The lowest BCUT2D eigenvalue weighted by Crippen LogP contribution is -2.34. The monoisotopic (exact) mass is 329 g/mol. The van der Waals surface area contributed by atoms with E-state index in [-0.39, 0.29) is 19.1 Å². The molecular formula is C15H23NO5S. The first-order valence-electron chi connectivity index (χ1n) is 7.22. The molecule has 0 unspecified atom stereocenters. The van der Waals surface area contributed by atoms with Gasteiger partial charge in [-0.15, -0.1) is 0 Å². The van der Waals surface area contributed by atoms with Gasteiger partial charge in [0.25, 0.3) is 10.1 Å². The number of hydroxylamine groups is 1. The van der Waals surface area contributed by atoms with Crippen LogP contribution in [0, 0.1) is 5.92 Å². The van der Waals surface area contributed by atoms with Crippen LogP contribution in [0.2, 0.25) is 0 Å². The molecule has 0 fully saturated rings. The molecule has 0 saturated heterocycles. The topological polar surface area (TPSA) is 81.7 Å². The summed E-state index contributed by atoms with van der Waals surface area (Å²) >= 11 is 0. The van der Waals surface area contributed by atoms with E-state index in [0.717, 1.165) is 24.7 Å². The highest BCUT2D eigenvalue weighted by Gasteiger charge is 2.20. The Bertz CT molecular complexity index is 544. The van der Waals surface area contributed by atoms with E-state index in [0.29, 0.717) is 6.42 Å². The van der Waals surface area contributed by atoms with Gasteiger partial charge in [0.2, 0.25) is 5.91 Å². The lowest BCUT2D eigenvalue weighted by Gasteiger charge is -2.15. The molecule has 1 atom stereocenters. The molecule has 0 aliphatic rings. The van der Waals surface area contributed by atoms with E-state index in [2.05, 4.69) is 5.48 Å². The molecule has 1 aromatic rings. The highest BCUT2D eigenvalue weighted by atomic mass is 32.2. The number of rotatable bonds is 10. The van der Waals surface area contributed by atoms with E-state index >= 15 is 0 Å². The van der Waals surface area contributed by atoms with Crippen molar-refractivity contribution in [2.45, 2.75) is 32.8 Å². The van der Waals surface area contributed by atoms with Crippen LogP contribution in [0.5, 0.6) is 0 Å². The van der Waals surface area contributed by atoms with Crippen molar-refractivity contribution in [1.82, 2.24) is 5.48 Å². The second-order valence-corrected chi connectivity index (χ2v) is 6.71. The Kier molecular flexibility index (Phi) is 8.08. The van der Waals surface area contributed by atoms with Crippen molar-refractivity contribution in [2.24, 2.45) is 5.92 Å². The molecule has 0 bridgehead atoms. The summed E-state index contributed by atoms with van der Waals surface area (Å²) in [5.74, 6) is -0.918. The highest BCUT2D eigenvalue weighted by Crippen LogP contribution is 2.11. The van der Waals surface area contributed by atoms with Crippen molar-refractivity contribution in [3.05, 3.63) is 35.9 Å². The predicted molar refractivity (Wildman–Crippen MR) is 83.2 cm³/mol. The summed E-state index contributed by atoms with van der Waals surface area (Å²) in [5, 5.41) is 0. The Morgan fingerprint density at radius 3 is 2.55 bits per heavy atom. The van der Waals surface area contributed by atoms with Crippen molar-refractivity contribution in [3.8, 4) is 0 Å². The van der Waals surface area contributed by atoms with Gasteiger partial charge in [0, 0.05) is 0 Å². The molecule has 6 nitrogen and oxygen atoms in total. The maximum Gasteiger partial charge on any atom is 0.264 e. The van der Waals surface area contributed by atoms with Gasteiger partial charge in [-0.3, -0.25) is 13.8 Å². The molecule has 7 heteroatoms. The summed E-state index contributed by atoms with van der Waals surface area (Å²) in [6, 6.07) is 9.42. The molecule has 124 valence electrons. The van der Waals surface area contributed by atoms with Crippen LogP contribution >= 0.6 is 0 Å². The largest absolute Gasteiger partial charge is 0.272 e. The summed E-state index contributed by atoms with van der Waals surface area (Å²) in [6.45, 7) is 2.08. The highest BCUT2D eigenvalue weighted by molar-refractivity contribution is 7.85. The van der Waals surface area contributed by atoms with Gasteiger partial charge in [-0.1, -0.05) is 50.1 Å². The number of unbranched alkanes of at least 4 members (excludes halogenated alkanes) is 1. The third kappa shape index (κ3) is 8.11. The first kappa shape index (κ1) is 18.6. The number of hydrogen-bond donors (Lipinski definition) is 1. The predicted octanol–water partition coefficient (Wildman–Crippen LogP) is 2.02.